The minimum Gasteiger partial charge on any atom is -0.297 e. The number of carbonyl (C=O) groups is 2. The Hall–Kier alpha value is -1.64. The smallest absolute Gasteiger partial charge is 0.226 e. The highest BCUT2D eigenvalue weighted by Crippen LogP contribution is 2.04. The first-order chi connectivity index (χ1) is 7.18. The average Bonchev–Trinajstić information content (AvgIpc) is 2.18. The van der Waals surface area contributed by atoms with Crippen molar-refractivity contribution in [3.63, 3.8) is 0 Å². The summed E-state index contributed by atoms with van der Waals surface area (Å²) in [6.45, 7) is 1.34. The van der Waals surface area contributed by atoms with Gasteiger partial charge in [-0.1, -0.05) is 30.3 Å². The van der Waals surface area contributed by atoms with Gasteiger partial charge in [0.1, 0.15) is 0 Å². The van der Waals surface area contributed by atoms with Crippen molar-refractivity contribution in [2.75, 3.05) is 0 Å². The van der Waals surface area contributed by atoms with Crippen LogP contribution in [0.3, 0.4) is 0 Å². The molecule has 0 atom stereocenters. The highest BCUT2D eigenvalue weighted by molar-refractivity contribution is 5.93. The molecule has 3 heteroatoms. The maximum Gasteiger partial charge on any atom is 0.226 e. The van der Waals surface area contributed by atoms with E-state index in [9.17, 15) is 9.59 Å². The molecule has 80 valence electrons. The molecule has 0 radical (unpaired) electrons. The van der Waals surface area contributed by atoms with Gasteiger partial charge in [-0.05, 0) is 18.4 Å². The van der Waals surface area contributed by atoms with Crippen LogP contribution in [0.4, 0.5) is 0 Å². The predicted octanol–water partition coefficient (Wildman–Crippen LogP) is 1.67. The lowest BCUT2D eigenvalue weighted by atomic mass is 10.1. The number of benzene rings is 1. The first-order valence-electron chi connectivity index (χ1n) is 5.03. The molecule has 1 N–H and O–H groups in total. The molecule has 0 aliphatic carbocycles. The summed E-state index contributed by atoms with van der Waals surface area (Å²) in [5.74, 6) is -0.488. The van der Waals surface area contributed by atoms with Crippen molar-refractivity contribution in [3.8, 4) is 0 Å². The van der Waals surface area contributed by atoms with E-state index in [1.54, 1.807) is 0 Å². The summed E-state index contributed by atoms with van der Waals surface area (Å²) < 4.78 is 0. The zero-order chi connectivity index (χ0) is 11.1. The highest BCUT2D eigenvalue weighted by Gasteiger charge is 2.02. The molecule has 0 saturated carbocycles. The second kappa shape index (κ2) is 5.96. The third-order valence-electron chi connectivity index (χ3n) is 2.03. The van der Waals surface area contributed by atoms with Gasteiger partial charge < -0.3 is 0 Å². The van der Waals surface area contributed by atoms with Gasteiger partial charge in [-0.25, -0.2) is 0 Å². The Morgan fingerprint density at radius 2 is 1.87 bits per heavy atom. The van der Waals surface area contributed by atoms with Crippen LogP contribution in [0, 0.1) is 0 Å². The topological polar surface area (TPSA) is 46.2 Å². The maximum atomic E-state index is 11.1. The predicted molar refractivity (Wildman–Crippen MR) is 58.2 cm³/mol. The fourth-order valence-electron chi connectivity index (χ4n) is 1.36. The van der Waals surface area contributed by atoms with Crippen molar-refractivity contribution in [3.05, 3.63) is 35.9 Å². The van der Waals surface area contributed by atoms with Gasteiger partial charge in [0.15, 0.2) is 0 Å². The lowest BCUT2D eigenvalue weighted by Gasteiger charge is -2.01. The van der Waals surface area contributed by atoms with Gasteiger partial charge in [-0.15, -0.1) is 0 Å². The molecule has 1 aromatic rings. The fraction of sp³-hybridized carbons (Fsp3) is 0.333. The standard InChI is InChI=1S/C12H15NO2/c1-10(14)13-12(15)9-5-8-11-6-3-2-4-7-11/h2-4,6-7H,5,8-9H2,1H3,(H,13,14,15). The van der Waals surface area contributed by atoms with Gasteiger partial charge >= 0.3 is 0 Å². The SMILES string of the molecule is CC(=O)NC(=O)CCCc1ccccc1. The van der Waals surface area contributed by atoms with E-state index in [1.165, 1.54) is 12.5 Å². The molecule has 0 heterocycles. The minimum atomic E-state index is -0.292. The van der Waals surface area contributed by atoms with E-state index in [4.69, 9.17) is 0 Å². The van der Waals surface area contributed by atoms with E-state index in [0.29, 0.717) is 6.42 Å². The van der Waals surface area contributed by atoms with Crippen molar-refractivity contribution in [1.29, 1.82) is 0 Å². The molecule has 0 fully saturated rings. The highest BCUT2D eigenvalue weighted by atomic mass is 16.2. The number of hydrogen-bond donors (Lipinski definition) is 1. The summed E-state index contributed by atoms with van der Waals surface area (Å²) in [5.41, 5.74) is 1.22. The van der Waals surface area contributed by atoms with Crippen molar-refractivity contribution < 1.29 is 9.59 Å². The van der Waals surface area contributed by atoms with E-state index in [2.05, 4.69) is 5.32 Å². The molecule has 15 heavy (non-hydrogen) atoms. The van der Waals surface area contributed by atoms with E-state index >= 15 is 0 Å². The Bertz CT molecular complexity index is 333. The first-order valence-corrected chi connectivity index (χ1v) is 5.03. The number of aryl methyl sites for hydroxylation is 1. The zero-order valence-electron chi connectivity index (χ0n) is 8.82. The van der Waals surface area contributed by atoms with Crippen molar-refractivity contribution in [2.24, 2.45) is 0 Å². The molecule has 0 aliphatic heterocycles. The van der Waals surface area contributed by atoms with Crippen molar-refractivity contribution in [2.45, 2.75) is 26.2 Å². The molecular formula is C12H15NO2. The third kappa shape index (κ3) is 4.96. The molecule has 1 rings (SSSR count). The van der Waals surface area contributed by atoms with E-state index < -0.39 is 0 Å². The monoisotopic (exact) mass is 205 g/mol. The maximum absolute atomic E-state index is 11.1. The molecule has 0 bridgehead atoms. The third-order valence-corrected chi connectivity index (χ3v) is 2.03. The van der Waals surface area contributed by atoms with Crippen LogP contribution in [0.1, 0.15) is 25.3 Å². The summed E-state index contributed by atoms with van der Waals surface area (Å²) in [4.78, 5) is 21.7. The van der Waals surface area contributed by atoms with Crippen LogP contribution >= 0.6 is 0 Å². The summed E-state index contributed by atoms with van der Waals surface area (Å²) in [5, 5.41) is 2.25. The molecule has 0 unspecified atom stereocenters. The Labute approximate surface area is 89.5 Å². The molecule has 0 saturated heterocycles. The van der Waals surface area contributed by atoms with Crippen LogP contribution in [-0.4, -0.2) is 11.8 Å². The van der Waals surface area contributed by atoms with Crippen LogP contribution in [0.15, 0.2) is 30.3 Å². The molecule has 1 aromatic carbocycles. The van der Waals surface area contributed by atoms with Gasteiger partial charge in [0.25, 0.3) is 0 Å². The van der Waals surface area contributed by atoms with E-state index in [0.717, 1.165) is 12.8 Å². The van der Waals surface area contributed by atoms with E-state index in [1.807, 2.05) is 30.3 Å². The van der Waals surface area contributed by atoms with Crippen LogP contribution in [0.2, 0.25) is 0 Å². The van der Waals surface area contributed by atoms with Crippen LogP contribution < -0.4 is 5.32 Å². The second-order valence-electron chi connectivity index (χ2n) is 3.44. The number of rotatable bonds is 4. The number of carbonyl (C=O) groups excluding carboxylic acids is 2. The second-order valence-corrected chi connectivity index (χ2v) is 3.44. The Kier molecular flexibility index (Phi) is 4.54. The molecule has 0 aromatic heterocycles. The Morgan fingerprint density at radius 3 is 2.47 bits per heavy atom. The van der Waals surface area contributed by atoms with Gasteiger partial charge in [-0.3, -0.25) is 14.9 Å². The quantitative estimate of drug-likeness (QED) is 0.812. The fourth-order valence-corrected chi connectivity index (χ4v) is 1.36. The number of hydrogen-bond acceptors (Lipinski definition) is 2. The minimum absolute atomic E-state index is 0.196. The zero-order valence-corrected chi connectivity index (χ0v) is 8.82. The average molecular weight is 205 g/mol. The van der Waals surface area contributed by atoms with E-state index in [-0.39, 0.29) is 11.8 Å². The van der Waals surface area contributed by atoms with Crippen LogP contribution in [0.5, 0.6) is 0 Å². The summed E-state index contributed by atoms with van der Waals surface area (Å²) in [6.07, 6.45) is 2.03. The van der Waals surface area contributed by atoms with Crippen LogP contribution in [0.25, 0.3) is 0 Å². The van der Waals surface area contributed by atoms with Crippen molar-refractivity contribution >= 4 is 11.8 Å². The lowest BCUT2D eigenvalue weighted by molar-refractivity contribution is -0.129. The lowest BCUT2D eigenvalue weighted by Crippen LogP contribution is -2.27. The molecule has 0 spiro atoms. The summed E-state index contributed by atoms with van der Waals surface area (Å²) >= 11 is 0. The van der Waals surface area contributed by atoms with Gasteiger partial charge in [0.05, 0.1) is 0 Å². The Balaban J connectivity index is 2.22. The summed E-state index contributed by atoms with van der Waals surface area (Å²) in [6, 6.07) is 9.98. The largest absolute Gasteiger partial charge is 0.297 e. The van der Waals surface area contributed by atoms with Crippen molar-refractivity contribution in [1.82, 2.24) is 5.32 Å². The normalized spacial score (nSPS) is 9.67. The number of amides is 2. The Morgan fingerprint density at radius 1 is 1.20 bits per heavy atom. The van der Waals surface area contributed by atoms with Crippen LogP contribution in [-0.2, 0) is 16.0 Å². The molecule has 0 aliphatic rings. The van der Waals surface area contributed by atoms with Gasteiger partial charge in [0.2, 0.25) is 11.8 Å². The molecule has 2 amide bonds. The van der Waals surface area contributed by atoms with Gasteiger partial charge in [0, 0.05) is 13.3 Å². The number of nitrogens with one attached hydrogen (secondary N) is 1. The first kappa shape index (κ1) is 11.4. The van der Waals surface area contributed by atoms with Gasteiger partial charge in [-0.2, -0.15) is 0 Å². The molecular weight excluding hydrogens is 190 g/mol. The summed E-state index contributed by atoms with van der Waals surface area (Å²) in [7, 11) is 0. The molecule has 3 nitrogen and oxygen atoms in total. The number of imide groups is 1.